The van der Waals surface area contributed by atoms with E-state index in [9.17, 15) is 0 Å². The van der Waals surface area contributed by atoms with Gasteiger partial charge in [0.1, 0.15) is 11.8 Å². The van der Waals surface area contributed by atoms with Gasteiger partial charge in [0, 0.05) is 11.8 Å². The van der Waals surface area contributed by atoms with Crippen LogP contribution < -0.4 is 0 Å². The van der Waals surface area contributed by atoms with Gasteiger partial charge in [-0.15, -0.1) is 0 Å². The van der Waals surface area contributed by atoms with Crippen molar-refractivity contribution in [3.8, 4) is 0 Å². The van der Waals surface area contributed by atoms with E-state index in [-0.39, 0.29) is 0 Å². The molecule has 0 saturated heterocycles. The van der Waals surface area contributed by atoms with Crippen molar-refractivity contribution in [3.63, 3.8) is 0 Å². The minimum Gasteiger partial charge on any atom is -0.391 e. The zero-order valence-electron chi connectivity index (χ0n) is 9.53. The van der Waals surface area contributed by atoms with Gasteiger partial charge in [0.15, 0.2) is 0 Å². The zero-order chi connectivity index (χ0) is 12.0. The van der Waals surface area contributed by atoms with Crippen LogP contribution in [0.5, 0.6) is 0 Å². The lowest BCUT2D eigenvalue weighted by Gasteiger charge is -2.04. The maximum atomic E-state index is 5.92. The Morgan fingerprint density at radius 2 is 2.38 bits per heavy atom. The van der Waals surface area contributed by atoms with Gasteiger partial charge < -0.3 is 4.84 Å². The summed E-state index contributed by atoms with van der Waals surface area (Å²) < 4.78 is 0. The molecule has 0 amide bonds. The molecule has 0 N–H and O–H groups in total. The summed E-state index contributed by atoms with van der Waals surface area (Å²) in [6, 6.07) is 3.66. The summed E-state index contributed by atoms with van der Waals surface area (Å²) in [6.45, 7) is 8.12. The van der Waals surface area contributed by atoms with Gasteiger partial charge in [-0.25, -0.2) is 4.98 Å². The Morgan fingerprint density at radius 3 is 3.00 bits per heavy atom. The van der Waals surface area contributed by atoms with Crippen molar-refractivity contribution in [1.29, 1.82) is 0 Å². The summed E-state index contributed by atoms with van der Waals surface area (Å²) in [5.41, 5.74) is 2.50. The molecule has 0 aliphatic carbocycles. The van der Waals surface area contributed by atoms with Gasteiger partial charge >= 0.3 is 0 Å². The molecule has 0 aliphatic rings. The highest BCUT2D eigenvalue weighted by atomic mass is 35.5. The maximum absolute atomic E-state index is 5.92. The summed E-state index contributed by atoms with van der Waals surface area (Å²) in [5.74, 6) is 0. The Balaban J connectivity index is 2.64. The molecule has 3 nitrogen and oxygen atoms in total. The van der Waals surface area contributed by atoms with Crippen LogP contribution in [0, 0.1) is 0 Å². The van der Waals surface area contributed by atoms with Crippen LogP contribution in [0.1, 0.15) is 25.8 Å². The Labute approximate surface area is 101 Å². The third kappa shape index (κ3) is 3.66. The van der Waals surface area contributed by atoms with Crippen molar-refractivity contribution in [1.82, 2.24) is 4.98 Å². The minimum absolute atomic E-state index is 0.432. The maximum Gasteiger partial charge on any atom is 0.138 e. The van der Waals surface area contributed by atoms with E-state index in [0.29, 0.717) is 17.5 Å². The average Bonchev–Trinajstić information content (AvgIpc) is 2.29. The number of rotatable bonds is 5. The smallest absolute Gasteiger partial charge is 0.138 e. The highest BCUT2D eigenvalue weighted by Gasteiger charge is 2.04. The van der Waals surface area contributed by atoms with Gasteiger partial charge in [0.25, 0.3) is 0 Å². The van der Waals surface area contributed by atoms with Gasteiger partial charge in [0.05, 0.1) is 5.71 Å². The highest BCUT2D eigenvalue weighted by Crippen LogP contribution is 2.12. The van der Waals surface area contributed by atoms with Gasteiger partial charge in [-0.2, -0.15) is 0 Å². The van der Waals surface area contributed by atoms with Crippen LogP contribution >= 0.6 is 11.6 Å². The van der Waals surface area contributed by atoms with E-state index in [2.05, 4.69) is 16.7 Å². The number of oxime groups is 1. The molecule has 0 atom stereocenters. The number of hydrogen-bond donors (Lipinski definition) is 0. The van der Waals surface area contributed by atoms with Crippen LogP contribution in [-0.4, -0.2) is 17.3 Å². The second-order valence-corrected chi connectivity index (χ2v) is 3.75. The quantitative estimate of drug-likeness (QED) is 0.341. The second-order valence-electron chi connectivity index (χ2n) is 3.40. The first kappa shape index (κ1) is 12.7. The third-order valence-corrected chi connectivity index (χ3v) is 2.42. The van der Waals surface area contributed by atoms with Crippen molar-refractivity contribution in [2.75, 3.05) is 6.61 Å². The molecule has 0 saturated carbocycles. The first-order valence-electron chi connectivity index (χ1n) is 5.09. The molecule has 16 heavy (non-hydrogen) atoms. The minimum atomic E-state index is 0.432. The SMILES string of the molecule is C=C(CC)CO/N=C(\C)c1cccnc1Cl. The fourth-order valence-electron chi connectivity index (χ4n) is 1.03. The largest absolute Gasteiger partial charge is 0.391 e. The number of halogens is 1. The van der Waals surface area contributed by atoms with E-state index < -0.39 is 0 Å². The monoisotopic (exact) mass is 238 g/mol. The lowest BCUT2D eigenvalue weighted by atomic mass is 10.2. The first-order chi connectivity index (χ1) is 7.65. The van der Waals surface area contributed by atoms with Crippen LogP contribution in [0.4, 0.5) is 0 Å². The average molecular weight is 239 g/mol. The molecule has 0 spiro atoms. The second kappa shape index (κ2) is 6.28. The van der Waals surface area contributed by atoms with E-state index in [1.54, 1.807) is 6.20 Å². The molecule has 4 heteroatoms. The Kier molecular flexibility index (Phi) is 4.99. The fraction of sp³-hybridized carbons (Fsp3) is 0.333. The van der Waals surface area contributed by atoms with Crippen molar-refractivity contribution in [2.45, 2.75) is 20.3 Å². The normalized spacial score (nSPS) is 11.3. The number of hydrogen-bond acceptors (Lipinski definition) is 3. The Bertz CT molecular complexity index is 402. The third-order valence-electron chi connectivity index (χ3n) is 2.12. The van der Waals surface area contributed by atoms with E-state index in [0.717, 1.165) is 17.6 Å². The van der Waals surface area contributed by atoms with Crippen LogP contribution in [0.2, 0.25) is 5.15 Å². The van der Waals surface area contributed by atoms with Crippen molar-refractivity contribution in [2.24, 2.45) is 5.16 Å². The molecule has 0 aromatic carbocycles. The summed E-state index contributed by atoms with van der Waals surface area (Å²) in [7, 11) is 0. The predicted molar refractivity (Wildman–Crippen MR) is 66.8 cm³/mol. The molecule has 1 rings (SSSR count). The molecular weight excluding hydrogens is 224 g/mol. The molecule has 0 bridgehead atoms. The zero-order valence-corrected chi connectivity index (χ0v) is 10.3. The Morgan fingerprint density at radius 1 is 1.62 bits per heavy atom. The van der Waals surface area contributed by atoms with E-state index in [1.807, 2.05) is 26.0 Å². The molecular formula is C12H15ClN2O. The summed E-state index contributed by atoms with van der Waals surface area (Å²) in [6.07, 6.45) is 2.53. The molecule has 86 valence electrons. The highest BCUT2D eigenvalue weighted by molar-refractivity contribution is 6.32. The van der Waals surface area contributed by atoms with Crippen molar-refractivity contribution < 1.29 is 4.84 Å². The standard InChI is InChI=1S/C12H15ClN2O/c1-4-9(2)8-16-15-10(3)11-6-5-7-14-12(11)13/h5-7H,2,4,8H2,1,3H3/b15-10+. The predicted octanol–water partition coefficient (Wildman–Crippen LogP) is 3.44. The van der Waals surface area contributed by atoms with Crippen molar-refractivity contribution >= 4 is 17.3 Å². The topological polar surface area (TPSA) is 34.5 Å². The summed E-state index contributed by atoms with van der Waals surface area (Å²) in [4.78, 5) is 9.13. The van der Waals surface area contributed by atoms with Crippen LogP contribution in [0.25, 0.3) is 0 Å². The van der Waals surface area contributed by atoms with Gasteiger partial charge in [0.2, 0.25) is 0 Å². The Hall–Kier alpha value is -1.35. The molecule has 1 heterocycles. The van der Waals surface area contributed by atoms with E-state index >= 15 is 0 Å². The van der Waals surface area contributed by atoms with Gasteiger partial charge in [-0.05, 0) is 31.1 Å². The van der Waals surface area contributed by atoms with E-state index in [4.69, 9.17) is 16.4 Å². The molecule has 0 unspecified atom stereocenters. The van der Waals surface area contributed by atoms with Crippen LogP contribution in [-0.2, 0) is 4.84 Å². The molecule has 1 aromatic rings. The first-order valence-corrected chi connectivity index (χ1v) is 5.47. The fourth-order valence-corrected chi connectivity index (χ4v) is 1.28. The number of nitrogens with zero attached hydrogens (tertiary/aromatic N) is 2. The molecule has 1 aromatic heterocycles. The molecule has 0 aliphatic heterocycles. The van der Waals surface area contributed by atoms with Gasteiger partial charge in [-0.1, -0.05) is 30.3 Å². The van der Waals surface area contributed by atoms with E-state index in [1.165, 1.54) is 0 Å². The van der Waals surface area contributed by atoms with Gasteiger partial charge in [-0.3, -0.25) is 0 Å². The van der Waals surface area contributed by atoms with Crippen LogP contribution in [0.3, 0.4) is 0 Å². The lowest BCUT2D eigenvalue weighted by molar-refractivity contribution is 0.166. The molecule has 0 radical (unpaired) electrons. The summed E-state index contributed by atoms with van der Waals surface area (Å²) >= 11 is 5.92. The lowest BCUT2D eigenvalue weighted by Crippen LogP contribution is -2.00. The number of aromatic nitrogens is 1. The van der Waals surface area contributed by atoms with Crippen molar-refractivity contribution in [3.05, 3.63) is 41.2 Å². The number of pyridine rings is 1. The van der Waals surface area contributed by atoms with Crippen LogP contribution in [0.15, 0.2) is 35.6 Å². The molecule has 0 fully saturated rings. The summed E-state index contributed by atoms with van der Waals surface area (Å²) in [5, 5.41) is 4.41.